The number of anilines is 1. The monoisotopic (exact) mass is 241 g/mol. The molecule has 0 unspecified atom stereocenters. The summed E-state index contributed by atoms with van der Waals surface area (Å²) in [4.78, 5) is 10.9. The van der Waals surface area contributed by atoms with Gasteiger partial charge < -0.3 is 16.4 Å². The molecular formula is C10H12FN3OS. The van der Waals surface area contributed by atoms with E-state index in [0.29, 0.717) is 5.69 Å². The van der Waals surface area contributed by atoms with Crippen LogP contribution in [0.3, 0.4) is 0 Å². The number of nitrogens with two attached hydrogens (primary N) is 1. The van der Waals surface area contributed by atoms with E-state index in [0.717, 1.165) is 0 Å². The highest BCUT2D eigenvalue weighted by molar-refractivity contribution is 7.80. The fourth-order valence-electron chi connectivity index (χ4n) is 1.10. The van der Waals surface area contributed by atoms with Gasteiger partial charge in [-0.05, 0) is 18.2 Å². The zero-order valence-electron chi connectivity index (χ0n) is 8.71. The maximum absolute atomic E-state index is 13.4. The molecule has 0 aliphatic heterocycles. The first-order chi connectivity index (χ1) is 7.54. The van der Waals surface area contributed by atoms with Gasteiger partial charge >= 0.3 is 0 Å². The molecule has 0 heterocycles. The van der Waals surface area contributed by atoms with Crippen LogP contribution in [0.5, 0.6) is 0 Å². The Hall–Kier alpha value is -1.69. The van der Waals surface area contributed by atoms with Crippen molar-refractivity contribution in [2.75, 3.05) is 18.9 Å². The van der Waals surface area contributed by atoms with Crippen LogP contribution in [-0.2, 0) is 4.79 Å². The number of carbonyl (C=O) groups is 1. The van der Waals surface area contributed by atoms with Gasteiger partial charge in [-0.1, -0.05) is 12.2 Å². The fraction of sp³-hybridized carbons (Fsp3) is 0.200. The number of benzene rings is 1. The molecule has 1 amide bonds. The van der Waals surface area contributed by atoms with Crippen LogP contribution in [0, 0.1) is 5.82 Å². The van der Waals surface area contributed by atoms with E-state index in [1.165, 1.54) is 19.2 Å². The second-order valence-corrected chi connectivity index (χ2v) is 3.53. The summed E-state index contributed by atoms with van der Waals surface area (Å²) >= 11 is 4.67. The number of thiocarbonyl (C=S) groups is 1. The Kier molecular flexibility index (Phi) is 4.19. The zero-order chi connectivity index (χ0) is 12.1. The van der Waals surface area contributed by atoms with Crippen molar-refractivity contribution in [1.29, 1.82) is 0 Å². The highest BCUT2D eigenvalue weighted by atomic mass is 32.1. The SMILES string of the molecule is CNC(=O)CNc1ccc(C(N)=S)c(F)c1. The minimum atomic E-state index is -0.505. The van der Waals surface area contributed by atoms with Gasteiger partial charge in [0.15, 0.2) is 0 Å². The largest absolute Gasteiger partial charge is 0.389 e. The maximum atomic E-state index is 13.4. The molecule has 4 nitrogen and oxygen atoms in total. The van der Waals surface area contributed by atoms with Gasteiger partial charge in [-0.3, -0.25) is 4.79 Å². The molecule has 86 valence electrons. The molecule has 1 rings (SSSR count). The standard InChI is InChI=1S/C10H12FN3OS/c1-13-9(15)5-14-6-2-3-7(10(12)16)8(11)4-6/h2-4,14H,5H2,1H3,(H2,12,16)(H,13,15). The molecule has 0 aliphatic carbocycles. The zero-order valence-corrected chi connectivity index (χ0v) is 9.53. The average Bonchev–Trinajstić information content (AvgIpc) is 2.25. The Balaban J connectivity index is 2.74. The minimum absolute atomic E-state index is 0.00958. The molecule has 0 bridgehead atoms. The first-order valence-electron chi connectivity index (χ1n) is 4.58. The summed E-state index contributed by atoms with van der Waals surface area (Å²) in [5.41, 5.74) is 6.01. The Morgan fingerprint density at radius 1 is 1.56 bits per heavy atom. The number of amides is 1. The van der Waals surface area contributed by atoms with Crippen molar-refractivity contribution in [2.45, 2.75) is 0 Å². The van der Waals surface area contributed by atoms with Gasteiger partial charge in [0, 0.05) is 18.3 Å². The van der Waals surface area contributed by atoms with Crippen molar-refractivity contribution >= 4 is 28.8 Å². The molecule has 6 heteroatoms. The van der Waals surface area contributed by atoms with Crippen molar-refractivity contribution < 1.29 is 9.18 Å². The first kappa shape index (κ1) is 12.4. The van der Waals surface area contributed by atoms with Crippen LogP contribution in [0.15, 0.2) is 18.2 Å². The number of rotatable bonds is 4. The molecule has 16 heavy (non-hydrogen) atoms. The predicted octanol–water partition coefficient (Wildman–Crippen LogP) is 0.618. The molecule has 0 fully saturated rings. The molecule has 0 aliphatic rings. The van der Waals surface area contributed by atoms with Crippen LogP contribution in [0.2, 0.25) is 0 Å². The summed E-state index contributed by atoms with van der Waals surface area (Å²) in [5.74, 6) is -0.687. The van der Waals surface area contributed by atoms with Gasteiger partial charge in [0.05, 0.1) is 6.54 Å². The van der Waals surface area contributed by atoms with E-state index in [2.05, 4.69) is 22.9 Å². The second kappa shape index (κ2) is 5.41. The van der Waals surface area contributed by atoms with Crippen LogP contribution >= 0.6 is 12.2 Å². The van der Waals surface area contributed by atoms with Crippen molar-refractivity contribution in [3.05, 3.63) is 29.6 Å². The second-order valence-electron chi connectivity index (χ2n) is 3.09. The lowest BCUT2D eigenvalue weighted by molar-refractivity contribution is -0.118. The van der Waals surface area contributed by atoms with E-state index in [1.54, 1.807) is 6.07 Å². The van der Waals surface area contributed by atoms with Crippen molar-refractivity contribution in [3.8, 4) is 0 Å². The summed E-state index contributed by atoms with van der Waals surface area (Å²) in [6, 6.07) is 4.34. The Bertz CT molecular complexity index is 423. The molecule has 4 N–H and O–H groups in total. The van der Waals surface area contributed by atoms with E-state index in [1.807, 2.05) is 0 Å². The van der Waals surface area contributed by atoms with E-state index in [9.17, 15) is 9.18 Å². The summed E-state index contributed by atoms with van der Waals surface area (Å²) in [6.07, 6.45) is 0. The number of likely N-dealkylation sites (N-methyl/N-ethyl adjacent to an activating group) is 1. The number of carbonyl (C=O) groups excluding carboxylic acids is 1. The van der Waals surface area contributed by atoms with E-state index in [-0.39, 0.29) is 23.0 Å². The quantitative estimate of drug-likeness (QED) is 0.676. The van der Waals surface area contributed by atoms with Crippen LogP contribution in [-0.4, -0.2) is 24.5 Å². The lowest BCUT2D eigenvalue weighted by Gasteiger charge is -2.07. The summed E-state index contributed by atoms with van der Waals surface area (Å²) in [5, 5.41) is 5.21. The smallest absolute Gasteiger partial charge is 0.239 e. The Morgan fingerprint density at radius 3 is 2.75 bits per heavy atom. The van der Waals surface area contributed by atoms with Crippen molar-refractivity contribution in [1.82, 2.24) is 5.32 Å². The lowest BCUT2D eigenvalue weighted by atomic mass is 10.2. The molecule has 0 atom stereocenters. The van der Waals surface area contributed by atoms with Gasteiger partial charge in [-0.2, -0.15) is 0 Å². The molecule has 0 saturated carbocycles. The summed E-state index contributed by atoms with van der Waals surface area (Å²) in [6.45, 7) is 0.0857. The van der Waals surface area contributed by atoms with Crippen LogP contribution in [0.1, 0.15) is 5.56 Å². The normalized spacial score (nSPS) is 9.62. The van der Waals surface area contributed by atoms with Gasteiger partial charge in [-0.15, -0.1) is 0 Å². The van der Waals surface area contributed by atoms with Crippen molar-refractivity contribution in [2.24, 2.45) is 5.73 Å². The van der Waals surface area contributed by atoms with E-state index >= 15 is 0 Å². The molecule has 0 radical (unpaired) electrons. The first-order valence-corrected chi connectivity index (χ1v) is 4.99. The number of hydrogen-bond donors (Lipinski definition) is 3. The third-order valence-corrected chi connectivity index (χ3v) is 2.19. The number of halogens is 1. The van der Waals surface area contributed by atoms with Crippen molar-refractivity contribution in [3.63, 3.8) is 0 Å². The third-order valence-electron chi connectivity index (χ3n) is 1.97. The summed E-state index contributed by atoms with van der Waals surface area (Å²) < 4.78 is 13.4. The Morgan fingerprint density at radius 2 is 2.25 bits per heavy atom. The van der Waals surface area contributed by atoms with Crippen LogP contribution in [0.25, 0.3) is 0 Å². The molecule has 1 aromatic carbocycles. The van der Waals surface area contributed by atoms with Gasteiger partial charge in [0.25, 0.3) is 0 Å². The average molecular weight is 241 g/mol. The van der Waals surface area contributed by atoms with Gasteiger partial charge in [0.1, 0.15) is 10.8 Å². The number of hydrogen-bond acceptors (Lipinski definition) is 3. The van der Waals surface area contributed by atoms with Crippen LogP contribution in [0.4, 0.5) is 10.1 Å². The van der Waals surface area contributed by atoms with E-state index in [4.69, 9.17) is 5.73 Å². The highest BCUT2D eigenvalue weighted by Crippen LogP contribution is 2.14. The lowest BCUT2D eigenvalue weighted by Crippen LogP contribution is -2.26. The van der Waals surface area contributed by atoms with Gasteiger partial charge in [0.2, 0.25) is 5.91 Å². The molecule has 0 aromatic heterocycles. The van der Waals surface area contributed by atoms with E-state index < -0.39 is 5.82 Å². The van der Waals surface area contributed by atoms with Crippen LogP contribution < -0.4 is 16.4 Å². The topological polar surface area (TPSA) is 67.2 Å². The molecular weight excluding hydrogens is 229 g/mol. The molecule has 0 spiro atoms. The number of nitrogens with one attached hydrogen (secondary N) is 2. The third kappa shape index (κ3) is 3.16. The maximum Gasteiger partial charge on any atom is 0.239 e. The summed E-state index contributed by atoms with van der Waals surface area (Å²) in [7, 11) is 1.53. The minimum Gasteiger partial charge on any atom is -0.389 e. The predicted molar refractivity (Wildman–Crippen MR) is 64.8 cm³/mol. The Labute approximate surface area is 98.0 Å². The molecule has 0 saturated heterocycles. The molecule has 1 aromatic rings. The fourth-order valence-corrected chi connectivity index (χ4v) is 1.26. The highest BCUT2D eigenvalue weighted by Gasteiger charge is 2.06. The van der Waals surface area contributed by atoms with Gasteiger partial charge in [-0.25, -0.2) is 4.39 Å².